The third-order valence-electron chi connectivity index (χ3n) is 2.87. The van der Waals surface area contributed by atoms with Gasteiger partial charge in [-0.2, -0.15) is 0 Å². The summed E-state index contributed by atoms with van der Waals surface area (Å²) in [6.07, 6.45) is 4.63. The zero-order valence-electron chi connectivity index (χ0n) is 8.35. The molecule has 1 aliphatic carbocycles. The highest BCUT2D eigenvalue weighted by Crippen LogP contribution is 2.25. The fourth-order valence-corrected chi connectivity index (χ4v) is 2.54. The summed E-state index contributed by atoms with van der Waals surface area (Å²) in [7, 11) is 0. The Morgan fingerprint density at radius 3 is 3.20 bits per heavy atom. The summed E-state index contributed by atoms with van der Waals surface area (Å²) < 4.78 is 0. The molecule has 1 heterocycles. The van der Waals surface area contributed by atoms with Crippen LogP contribution < -0.4 is 5.32 Å². The van der Waals surface area contributed by atoms with E-state index >= 15 is 0 Å². The van der Waals surface area contributed by atoms with Crippen molar-refractivity contribution in [1.29, 1.82) is 0 Å². The molecule has 2 atom stereocenters. The van der Waals surface area contributed by atoms with Gasteiger partial charge in [-0.25, -0.2) is 0 Å². The number of hydrogen-bond donors (Lipinski definition) is 2. The number of nitrogens with zero attached hydrogens (tertiary/aromatic N) is 1. The normalized spacial score (nSPS) is 25.4. The Hall–Kier alpha value is -0.940. The number of carbonyl (C=O) groups is 1. The van der Waals surface area contributed by atoms with Gasteiger partial charge in [-0.3, -0.25) is 9.78 Å². The minimum atomic E-state index is -0.0668. The SMILES string of the molecule is O=C(NC1CCCC1CO)c1cncs1. The lowest BCUT2D eigenvalue weighted by atomic mass is 10.1. The van der Waals surface area contributed by atoms with Crippen molar-refractivity contribution < 1.29 is 9.90 Å². The number of rotatable bonds is 3. The molecule has 0 saturated heterocycles. The van der Waals surface area contributed by atoms with Crippen LogP contribution in [0.5, 0.6) is 0 Å². The fraction of sp³-hybridized carbons (Fsp3) is 0.600. The van der Waals surface area contributed by atoms with Crippen molar-refractivity contribution in [2.75, 3.05) is 6.61 Å². The van der Waals surface area contributed by atoms with Crippen LogP contribution in [0.3, 0.4) is 0 Å². The lowest BCUT2D eigenvalue weighted by Gasteiger charge is -2.18. The van der Waals surface area contributed by atoms with Gasteiger partial charge < -0.3 is 10.4 Å². The molecule has 5 heteroatoms. The van der Waals surface area contributed by atoms with E-state index in [1.54, 1.807) is 11.7 Å². The summed E-state index contributed by atoms with van der Waals surface area (Å²) in [5.41, 5.74) is 1.65. The molecule has 1 aromatic rings. The van der Waals surface area contributed by atoms with Crippen molar-refractivity contribution in [3.8, 4) is 0 Å². The molecule has 1 aromatic heterocycles. The van der Waals surface area contributed by atoms with Gasteiger partial charge in [-0.05, 0) is 12.8 Å². The third kappa shape index (κ3) is 2.35. The summed E-state index contributed by atoms with van der Waals surface area (Å²) >= 11 is 1.34. The Morgan fingerprint density at radius 2 is 2.53 bits per heavy atom. The molecule has 0 spiro atoms. The van der Waals surface area contributed by atoms with E-state index in [0.29, 0.717) is 4.88 Å². The Kier molecular flexibility index (Phi) is 3.33. The van der Waals surface area contributed by atoms with E-state index in [9.17, 15) is 4.79 Å². The Bertz CT molecular complexity index is 326. The van der Waals surface area contributed by atoms with Crippen molar-refractivity contribution in [3.63, 3.8) is 0 Å². The van der Waals surface area contributed by atoms with E-state index in [0.717, 1.165) is 19.3 Å². The second kappa shape index (κ2) is 4.72. The number of aliphatic hydroxyl groups excluding tert-OH is 1. The molecule has 2 rings (SSSR count). The highest BCUT2D eigenvalue weighted by Gasteiger charge is 2.28. The predicted molar refractivity (Wildman–Crippen MR) is 57.8 cm³/mol. The second-order valence-corrected chi connectivity index (χ2v) is 4.71. The summed E-state index contributed by atoms with van der Waals surface area (Å²) in [5.74, 6) is 0.157. The van der Waals surface area contributed by atoms with E-state index in [-0.39, 0.29) is 24.5 Å². The van der Waals surface area contributed by atoms with Crippen molar-refractivity contribution in [3.05, 3.63) is 16.6 Å². The van der Waals surface area contributed by atoms with Crippen LogP contribution >= 0.6 is 11.3 Å². The first-order chi connectivity index (χ1) is 7.31. The summed E-state index contributed by atoms with van der Waals surface area (Å²) in [5, 5.41) is 12.1. The maximum absolute atomic E-state index is 11.7. The lowest BCUT2D eigenvalue weighted by Crippen LogP contribution is -2.38. The molecular weight excluding hydrogens is 212 g/mol. The van der Waals surface area contributed by atoms with Gasteiger partial charge in [0, 0.05) is 18.6 Å². The molecule has 0 aromatic carbocycles. The second-order valence-electron chi connectivity index (χ2n) is 3.82. The Balaban J connectivity index is 1.94. The zero-order chi connectivity index (χ0) is 10.7. The maximum atomic E-state index is 11.7. The van der Waals surface area contributed by atoms with Gasteiger partial charge in [0.1, 0.15) is 4.88 Å². The topological polar surface area (TPSA) is 62.2 Å². The molecule has 1 fully saturated rings. The number of aliphatic hydroxyl groups is 1. The van der Waals surface area contributed by atoms with Crippen LogP contribution in [0.2, 0.25) is 0 Å². The van der Waals surface area contributed by atoms with Crippen molar-refractivity contribution in [2.24, 2.45) is 5.92 Å². The van der Waals surface area contributed by atoms with Gasteiger partial charge in [0.25, 0.3) is 5.91 Å². The Labute approximate surface area is 92.3 Å². The van der Waals surface area contributed by atoms with E-state index < -0.39 is 0 Å². The number of aromatic nitrogens is 1. The molecule has 1 amide bonds. The van der Waals surface area contributed by atoms with Gasteiger partial charge in [0.05, 0.1) is 11.7 Å². The van der Waals surface area contributed by atoms with Crippen LogP contribution in [-0.2, 0) is 0 Å². The standard InChI is InChI=1S/C10H14N2O2S/c13-5-7-2-1-3-8(7)12-10(14)9-4-11-6-15-9/h4,6-8,13H,1-3,5H2,(H,12,14). The third-order valence-corrected chi connectivity index (χ3v) is 3.64. The van der Waals surface area contributed by atoms with E-state index in [1.165, 1.54) is 11.3 Å². The van der Waals surface area contributed by atoms with Crippen molar-refractivity contribution in [1.82, 2.24) is 10.3 Å². The number of hydrogen-bond acceptors (Lipinski definition) is 4. The monoisotopic (exact) mass is 226 g/mol. The van der Waals surface area contributed by atoms with Gasteiger partial charge in [-0.15, -0.1) is 11.3 Å². The molecule has 1 aliphatic rings. The number of amides is 1. The van der Waals surface area contributed by atoms with E-state index in [1.807, 2.05) is 0 Å². The van der Waals surface area contributed by atoms with Gasteiger partial charge >= 0.3 is 0 Å². The quantitative estimate of drug-likeness (QED) is 0.809. The molecule has 15 heavy (non-hydrogen) atoms. The molecule has 1 saturated carbocycles. The molecule has 4 nitrogen and oxygen atoms in total. The van der Waals surface area contributed by atoms with Crippen LogP contribution in [0, 0.1) is 5.92 Å². The first kappa shape index (κ1) is 10.6. The molecule has 2 N–H and O–H groups in total. The molecular formula is C10H14N2O2S. The molecule has 0 aliphatic heterocycles. The largest absolute Gasteiger partial charge is 0.396 e. The average molecular weight is 226 g/mol. The summed E-state index contributed by atoms with van der Waals surface area (Å²) in [6, 6.07) is 0.129. The van der Waals surface area contributed by atoms with E-state index in [2.05, 4.69) is 10.3 Å². The number of nitrogens with one attached hydrogen (secondary N) is 1. The van der Waals surface area contributed by atoms with Crippen LogP contribution in [0.4, 0.5) is 0 Å². The first-order valence-electron chi connectivity index (χ1n) is 5.11. The van der Waals surface area contributed by atoms with Crippen LogP contribution in [0.25, 0.3) is 0 Å². The van der Waals surface area contributed by atoms with E-state index in [4.69, 9.17) is 5.11 Å². The fourth-order valence-electron chi connectivity index (χ4n) is 2.01. The lowest BCUT2D eigenvalue weighted by molar-refractivity contribution is 0.0920. The van der Waals surface area contributed by atoms with Crippen LogP contribution in [0.1, 0.15) is 28.9 Å². The summed E-state index contributed by atoms with van der Waals surface area (Å²) in [6.45, 7) is 0.160. The molecule has 0 radical (unpaired) electrons. The first-order valence-corrected chi connectivity index (χ1v) is 5.99. The maximum Gasteiger partial charge on any atom is 0.263 e. The minimum Gasteiger partial charge on any atom is -0.396 e. The summed E-state index contributed by atoms with van der Waals surface area (Å²) in [4.78, 5) is 16.2. The molecule has 2 unspecified atom stereocenters. The number of carbonyl (C=O) groups excluding carboxylic acids is 1. The number of thiazole rings is 1. The average Bonchev–Trinajstić information content (AvgIpc) is 2.87. The van der Waals surface area contributed by atoms with Gasteiger partial charge in [0.2, 0.25) is 0 Å². The predicted octanol–water partition coefficient (Wildman–Crippen LogP) is 1.03. The van der Waals surface area contributed by atoms with Crippen molar-refractivity contribution in [2.45, 2.75) is 25.3 Å². The smallest absolute Gasteiger partial charge is 0.263 e. The highest BCUT2D eigenvalue weighted by molar-refractivity contribution is 7.11. The minimum absolute atomic E-state index is 0.0668. The van der Waals surface area contributed by atoms with Crippen molar-refractivity contribution >= 4 is 17.2 Å². The van der Waals surface area contributed by atoms with Gasteiger partial charge in [-0.1, -0.05) is 6.42 Å². The molecule has 82 valence electrons. The Morgan fingerprint density at radius 1 is 1.67 bits per heavy atom. The van der Waals surface area contributed by atoms with Crippen LogP contribution in [-0.4, -0.2) is 28.6 Å². The van der Waals surface area contributed by atoms with Gasteiger partial charge in [0.15, 0.2) is 0 Å². The zero-order valence-corrected chi connectivity index (χ0v) is 9.17. The highest BCUT2D eigenvalue weighted by atomic mass is 32.1. The van der Waals surface area contributed by atoms with Crippen LogP contribution in [0.15, 0.2) is 11.7 Å². The molecule has 0 bridgehead atoms.